The molecule has 238 valence electrons. The van der Waals surface area contributed by atoms with Gasteiger partial charge in [0.25, 0.3) is 16.7 Å². The number of carbonyl (C=O) groups excluding carboxylic acids is 1. The average Bonchev–Trinajstić information content (AvgIpc) is 3.09. The molecule has 0 amide bonds. The second-order valence-electron chi connectivity index (χ2n) is 9.86. The Bertz CT molecular complexity index is 1960. The van der Waals surface area contributed by atoms with Gasteiger partial charge < -0.3 is 14.8 Å². The van der Waals surface area contributed by atoms with Crippen LogP contribution in [0.15, 0.2) is 112 Å². The number of aromatic amines is 3. The van der Waals surface area contributed by atoms with E-state index in [-0.39, 0.29) is 28.2 Å². The van der Waals surface area contributed by atoms with Gasteiger partial charge in [0.15, 0.2) is 5.78 Å². The first-order chi connectivity index (χ1) is 22.2. The molecule has 3 aromatic heterocycles. The summed E-state index contributed by atoms with van der Waals surface area (Å²) in [6.45, 7) is 6.69. The number of nitrogens with zero attached hydrogens (tertiary/aromatic N) is 2. The highest BCUT2D eigenvalue weighted by molar-refractivity contribution is 5.95. The molecule has 46 heavy (non-hydrogen) atoms. The Morgan fingerprint density at radius 1 is 0.804 bits per heavy atom. The van der Waals surface area contributed by atoms with E-state index in [9.17, 15) is 24.3 Å². The molecule has 0 atom stereocenters. The number of nitrogens with one attached hydrogen (secondary N) is 3. The van der Waals surface area contributed by atoms with Crippen molar-refractivity contribution in [2.45, 2.75) is 40.0 Å². The van der Waals surface area contributed by atoms with Crippen LogP contribution in [0.5, 0.6) is 11.5 Å². The van der Waals surface area contributed by atoms with E-state index < -0.39 is 0 Å². The lowest BCUT2D eigenvalue weighted by atomic mass is 10.1. The molecule has 0 aliphatic heterocycles. The van der Waals surface area contributed by atoms with Gasteiger partial charge in [0.05, 0.1) is 28.7 Å². The van der Waals surface area contributed by atoms with Gasteiger partial charge in [-0.2, -0.15) is 0 Å². The SMILES string of the molecule is CCCCOc1ccc(C(=O)CC)cc1.Cc1cnc2ccccc2n1.O=c1[nH]cc(O)c2ccccc12.O=c1ccc(=O)[nH][nH]1. The summed E-state index contributed by atoms with van der Waals surface area (Å²) in [5.41, 5.74) is 2.87. The third-order valence-corrected chi connectivity index (χ3v) is 6.32. The summed E-state index contributed by atoms with van der Waals surface area (Å²) in [6, 6.07) is 24.5. The van der Waals surface area contributed by atoms with Crippen LogP contribution < -0.4 is 21.4 Å². The van der Waals surface area contributed by atoms with Gasteiger partial charge in [-0.05, 0) is 55.8 Å². The van der Waals surface area contributed by atoms with Gasteiger partial charge >= 0.3 is 0 Å². The quantitative estimate of drug-likeness (QED) is 0.135. The van der Waals surface area contributed by atoms with Crippen molar-refractivity contribution in [2.24, 2.45) is 0 Å². The number of ketones is 1. The van der Waals surface area contributed by atoms with E-state index in [2.05, 4.69) is 32.1 Å². The van der Waals surface area contributed by atoms with Crippen LogP contribution in [0.2, 0.25) is 0 Å². The number of fused-ring (bicyclic) bond motifs is 2. The summed E-state index contributed by atoms with van der Waals surface area (Å²) < 4.78 is 5.50. The van der Waals surface area contributed by atoms with Crippen LogP contribution in [0, 0.1) is 6.92 Å². The number of aromatic nitrogens is 5. The first-order valence-electron chi connectivity index (χ1n) is 14.7. The van der Waals surface area contributed by atoms with E-state index in [1.54, 1.807) is 30.5 Å². The molecule has 4 N–H and O–H groups in total. The monoisotopic (exact) mass is 623 g/mol. The maximum atomic E-state index is 11.3. The zero-order valence-electron chi connectivity index (χ0n) is 25.9. The number of benzene rings is 3. The Hall–Kier alpha value is -5.84. The van der Waals surface area contributed by atoms with Gasteiger partial charge in [0.1, 0.15) is 11.5 Å². The molecule has 3 heterocycles. The normalized spacial score (nSPS) is 9.98. The van der Waals surface area contributed by atoms with E-state index in [0.717, 1.165) is 47.5 Å². The van der Waals surface area contributed by atoms with Gasteiger partial charge in [-0.3, -0.25) is 34.4 Å². The molecule has 0 aliphatic carbocycles. The minimum atomic E-state index is -0.301. The summed E-state index contributed by atoms with van der Waals surface area (Å²) in [5, 5.41) is 14.6. The van der Waals surface area contributed by atoms with Crippen LogP contribution in [-0.4, -0.2) is 42.6 Å². The number of ether oxygens (including phenoxy) is 1. The molecule has 6 rings (SSSR count). The standard InChI is InChI=1S/C13H18O2.C9H8N2.C9H7NO2.C4H4N2O2/c1-3-5-10-15-12-8-6-11(7-9-12)13(14)4-2;1-7-6-10-8-4-2-3-5-9(8)11-7;11-8-5-10-9(12)7-4-2-1-3-6(7)8;7-3-1-2-4(8)6-5-3/h6-9H,3-5,10H2,1-2H3;2-6H,1H3;1-5,11H,(H,10,12);1-2H,(H,5,7)(H,6,8). The number of carbonyl (C=O) groups is 1. The summed E-state index contributed by atoms with van der Waals surface area (Å²) in [4.78, 5) is 53.9. The molecule has 0 unspecified atom stereocenters. The number of aromatic hydroxyl groups is 1. The largest absolute Gasteiger partial charge is 0.506 e. The Morgan fingerprint density at radius 3 is 2.00 bits per heavy atom. The van der Waals surface area contributed by atoms with Crippen LogP contribution in [-0.2, 0) is 0 Å². The lowest BCUT2D eigenvalue weighted by molar-refractivity contribution is 0.0988. The molecule has 11 nitrogen and oxygen atoms in total. The molecule has 3 aromatic carbocycles. The summed E-state index contributed by atoms with van der Waals surface area (Å²) in [6.07, 6.45) is 5.82. The van der Waals surface area contributed by atoms with Gasteiger partial charge in [0.2, 0.25) is 0 Å². The van der Waals surface area contributed by atoms with Crippen LogP contribution in [0.25, 0.3) is 21.8 Å². The van der Waals surface area contributed by atoms with Crippen molar-refractivity contribution >= 4 is 27.6 Å². The Labute approximate surface area is 265 Å². The van der Waals surface area contributed by atoms with Crippen molar-refractivity contribution in [2.75, 3.05) is 6.61 Å². The van der Waals surface area contributed by atoms with Crippen molar-refractivity contribution in [3.63, 3.8) is 0 Å². The molecular formula is C35H37N5O6. The molecule has 0 spiro atoms. The predicted octanol–water partition coefficient (Wildman–Crippen LogP) is 5.69. The van der Waals surface area contributed by atoms with Gasteiger partial charge in [-0.1, -0.05) is 50.6 Å². The van der Waals surface area contributed by atoms with Crippen molar-refractivity contribution in [3.8, 4) is 11.5 Å². The number of rotatable bonds is 6. The third kappa shape index (κ3) is 11.0. The number of pyridine rings is 1. The summed E-state index contributed by atoms with van der Waals surface area (Å²) >= 11 is 0. The molecule has 0 saturated carbocycles. The Morgan fingerprint density at radius 2 is 1.41 bits per heavy atom. The van der Waals surface area contributed by atoms with Gasteiger partial charge in [-0.25, -0.2) is 4.98 Å². The van der Waals surface area contributed by atoms with Crippen LogP contribution in [0.1, 0.15) is 49.2 Å². The van der Waals surface area contributed by atoms with Crippen molar-refractivity contribution in [1.29, 1.82) is 0 Å². The fraction of sp³-hybridized carbons (Fsp3) is 0.200. The van der Waals surface area contributed by atoms with E-state index in [1.807, 2.05) is 62.4 Å². The van der Waals surface area contributed by atoms with Crippen LogP contribution in [0.3, 0.4) is 0 Å². The van der Waals surface area contributed by atoms with Crippen molar-refractivity contribution < 1.29 is 14.6 Å². The third-order valence-electron chi connectivity index (χ3n) is 6.32. The number of Topliss-reactive ketones (excluding diaryl/α,β-unsaturated/α-hetero) is 1. The lowest BCUT2D eigenvalue weighted by Gasteiger charge is -2.05. The van der Waals surface area contributed by atoms with Gasteiger partial charge in [-0.15, -0.1) is 0 Å². The topological polar surface area (TPSA) is 171 Å². The van der Waals surface area contributed by atoms with E-state index >= 15 is 0 Å². The Kier molecular flexibility index (Phi) is 13.6. The van der Waals surface area contributed by atoms with Gasteiger partial charge in [0, 0.05) is 41.9 Å². The Balaban J connectivity index is 0.000000170. The molecule has 0 fully saturated rings. The number of unbranched alkanes of at least 4 members (excludes halogenated alkanes) is 1. The summed E-state index contributed by atoms with van der Waals surface area (Å²) in [7, 11) is 0. The minimum Gasteiger partial charge on any atom is -0.506 e. The molecular weight excluding hydrogens is 586 g/mol. The maximum Gasteiger partial charge on any atom is 0.262 e. The smallest absolute Gasteiger partial charge is 0.262 e. The summed E-state index contributed by atoms with van der Waals surface area (Å²) in [5.74, 6) is 1.12. The zero-order valence-corrected chi connectivity index (χ0v) is 25.9. The molecule has 0 saturated heterocycles. The fourth-order valence-electron chi connectivity index (χ4n) is 3.88. The second kappa shape index (κ2) is 18.1. The molecule has 0 aliphatic rings. The fourth-order valence-corrected chi connectivity index (χ4v) is 3.88. The molecule has 6 aromatic rings. The lowest BCUT2D eigenvalue weighted by Crippen LogP contribution is -2.14. The molecule has 0 bridgehead atoms. The predicted molar refractivity (Wildman–Crippen MR) is 180 cm³/mol. The highest BCUT2D eigenvalue weighted by Crippen LogP contribution is 2.19. The number of aryl methyl sites for hydroxylation is 1. The first kappa shape index (κ1) is 34.6. The van der Waals surface area contributed by atoms with Crippen molar-refractivity contribution in [1.82, 2.24) is 25.1 Å². The number of para-hydroxylation sites is 2. The molecule has 0 radical (unpaired) electrons. The number of hydrogen-bond acceptors (Lipinski definition) is 8. The molecule has 11 heteroatoms. The second-order valence-corrected chi connectivity index (χ2v) is 9.86. The number of hydrogen-bond donors (Lipinski definition) is 4. The maximum absolute atomic E-state index is 11.3. The minimum absolute atomic E-state index is 0.102. The average molecular weight is 624 g/mol. The van der Waals surface area contributed by atoms with Crippen LogP contribution >= 0.6 is 0 Å². The van der Waals surface area contributed by atoms with E-state index in [0.29, 0.717) is 17.2 Å². The first-order valence-corrected chi connectivity index (χ1v) is 14.7. The van der Waals surface area contributed by atoms with Crippen molar-refractivity contribution in [3.05, 3.63) is 140 Å². The van der Waals surface area contributed by atoms with Crippen LogP contribution in [0.4, 0.5) is 0 Å². The zero-order chi connectivity index (χ0) is 33.3. The van der Waals surface area contributed by atoms with E-state index in [4.69, 9.17) is 4.74 Å². The van der Waals surface area contributed by atoms with E-state index in [1.165, 1.54) is 18.3 Å². The highest BCUT2D eigenvalue weighted by atomic mass is 16.5. The highest BCUT2D eigenvalue weighted by Gasteiger charge is 2.02. The number of H-pyrrole nitrogens is 3.